The van der Waals surface area contributed by atoms with Gasteiger partial charge in [0.25, 0.3) is 0 Å². The molecule has 0 N–H and O–H groups in total. The van der Waals surface area contributed by atoms with Crippen molar-refractivity contribution in [3.63, 3.8) is 0 Å². The van der Waals surface area contributed by atoms with E-state index in [-0.39, 0.29) is 5.41 Å². The molecule has 0 saturated carbocycles. The highest BCUT2D eigenvalue weighted by Crippen LogP contribution is 2.36. The van der Waals surface area contributed by atoms with E-state index in [0.717, 1.165) is 19.8 Å². The molecule has 0 atom stereocenters. The Labute approximate surface area is 97.6 Å². The average molecular weight is 220 g/mol. The van der Waals surface area contributed by atoms with Gasteiger partial charge in [-0.2, -0.15) is 0 Å². The van der Waals surface area contributed by atoms with Gasteiger partial charge >= 0.3 is 0 Å². The summed E-state index contributed by atoms with van der Waals surface area (Å²) >= 11 is 0. The van der Waals surface area contributed by atoms with Crippen LogP contribution in [0.15, 0.2) is 30.3 Å². The molecule has 0 amide bonds. The van der Waals surface area contributed by atoms with Crippen LogP contribution >= 0.6 is 0 Å². The minimum absolute atomic E-state index is 0.259. The SMILES string of the molecule is CC(C)C1(COCc2ccccc2)COC1. The third kappa shape index (κ3) is 2.45. The quantitative estimate of drug-likeness (QED) is 0.759. The van der Waals surface area contributed by atoms with Gasteiger partial charge in [-0.15, -0.1) is 0 Å². The Kier molecular flexibility index (Phi) is 3.62. The smallest absolute Gasteiger partial charge is 0.0717 e. The van der Waals surface area contributed by atoms with Crippen molar-refractivity contribution < 1.29 is 9.47 Å². The second-order valence-corrected chi connectivity index (χ2v) is 4.99. The van der Waals surface area contributed by atoms with E-state index < -0.39 is 0 Å². The van der Waals surface area contributed by atoms with Gasteiger partial charge in [0.2, 0.25) is 0 Å². The predicted molar refractivity (Wildman–Crippen MR) is 64.2 cm³/mol. The summed E-state index contributed by atoms with van der Waals surface area (Å²) in [6.07, 6.45) is 0. The van der Waals surface area contributed by atoms with E-state index >= 15 is 0 Å². The first kappa shape index (κ1) is 11.6. The minimum Gasteiger partial charge on any atom is -0.380 e. The molecule has 1 aromatic carbocycles. The van der Waals surface area contributed by atoms with E-state index in [4.69, 9.17) is 9.47 Å². The van der Waals surface area contributed by atoms with E-state index in [9.17, 15) is 0 Å². The molecule has 0 unspecified atom stereocenters. The zero-order chi connectivity index (χ0) is 11.4. The Bertz CT molecular complexity index is 315. The Morgan fingerprint density at radius 3 is 2.44 bits per heavy atom. The Balaban J connectivity index is 1.79. The Morgan fingerprint density at radius 2 is 1.94 bits per heavy atom. The third-order valence-electron chi connectivity index (χ3n) is 3.50. The summed E-state index contributed by atoms with van der Waals surface area (Å²) in [5, 5.41) is 0. The van der Waals surface area contributed by atoms with Gasteiger partial charge in [-0.3, -0.25) is 0 Å². The Hall–Kier alpha value is -0.860. The third-order valence-corrected chi connectivity index (χ3v) is 3.50. The maximum atomic E-state index is 5.81. The molecule has 1 aromatic rings. The van der Waals surface area contributed by atoms with Crippen LogP contribution in [-0.4, -0.2) is 19.8 Å². The first-order valence-corrected chi connectivity index (χ1v) is 5.92. The first-order valence-electron chi connectivity index (χ1n) is 5.92. The van der Waals surface area contributed by atoms with Gasteiger partial charge in [-0.25, -0.2) is 0 Å². The fraction of sp³-hybridized carbons (Fsp3) is 0.571. The molecular formula is C14H20O2. The Morgan fingerprint density at radius 1 is 1.25 bits per heavy atom. The van der Waals surface area contributed by atoms with E-state index in [1.165, 1.54) is 5.56 Å². The standard InChI is InChI=1S/C14H20O2/c1-12(2)14(10-16-11-14)9-15-8-13-6-4-3-5-7-13/h3-7,12H,8-11H2,1-2H3. The van der Waals surface area contributed by atoms with Gasteiger partial charge in [0.15, 0.2) is 0 Å². The molecule has 1 saturated heterocycles. The molecule has 2 nitrogen and oxygen atoms in total. The van der Waals surface area contributed by atoms with Crippen LogP contribution in [0.5, 0.6) is 0 Å². The topological polar surface area (TPSA) is 18.5 Å². The highest BCUT2D eigenvalue weighted by Gasteiger charge is 2.41. The highest BCUT2D eigenvalue weighted by atomic mass is 16.5. The lowest BCUT2D eigenvalue weighted by Crippen LogP contribution is -2.50. The molecular weight excluding hydrogens is 200 g/mol. The van der Waals surface area contributed by atoms with Crippen molar-refractivity contribution in [1.82, 2.24) is 0 Å². The monoisotopic (exact) mass is 220 g/mol. The van der Waals surface area contributed by atoms with Crippen LogP contribution in [0.3, 0.4) is 0 Å². The van der Waals surface area contributed by atoms with Crippen LogP contribution in [-0.2, 0) is 16.1 Å². The summed E-state index contributed by atoms with van der Waals surface area (Å²) < 4.78 is 11.1. The molecule has 1 heterocycles. The normalized spacial score (nSPS) is 18.4. The van der Waals surface area contributed by atoms with E-state index in [1.54, 1.807) is 0 Å². The van der Waals surface area contributed by atoms with Gasteiger partial charge in [0.05, 0.1) is 26.4 Å². The van der Waals surface area contributed by atoms with Crippen molar-refractivity contribution >= 4 is 0 Å². The minimum atomic E-state index is 0.259. The van der Waals surface area contributed by atoms with Gasteiger partial charge in [-0.05, 0) is 11.5 Å². The van der Waals surface area contributed by atoms with Gasteiger partial charge in [0.1, 0.15) is 0 Å². The molecule has 16 heavy (non-hydrogen) atoms. The largest absolute Gasteiger partial charge is 0.380 e. The molecule has 0 aromatic heterocycles. The van der Waals surface area contributed by atoms with Crippen molar-refractivity contribution in [2.45, 2.75) is 20.5 Å². The van der Waals surface area contributed by atoms with Crippen LogP contribution in [0.25, 0.3) is 0 Å². The molecule has 1 fully saturated rings. The molecule has 1 aliphatic rings. The summed E-state index contributed by atoms with van der Waals surface area (Å²) in [4.78, 5) is 0. The lowest BCUT2D eigenvalue weighted by molar-refractivity contribution is -0.173. The second kappa shape index (κ2) is 4.98. The van der Waals surface area contributed by atoms with Gasteiger partial charge in [0, 0.05) is 5.41 Å². The number of hydrogen-bond donors (Lipinski definition) is 0. The fourth-order valence-corrected chi connectivity index (χ4v) is 1.89. The second-order valence-electron chi connectivity index (χ2n) is 4.99. The van der Waals surface area contributed by atoms with Crippen molar-refractivity contribution in [2.75, 3.05) is 19.8 Å². The van der Waals surface area contributed by atoms with Gasteiger partial charge in [-0.1, -0.05) is 44.2 Å². The number of hydrogen-bond acceptors (Lipinski definition) is 2. The van der Waals surface area contributed by atoms with E-state index in [0.29, 0.717) is 12.5 Å². The zero-order valence-electron chi connectivity index (χ0n) is 10.1. The summed E-state index contributed by atoms with van der Waals surface area (Å²) in [5.41, 5.74) is 1.50. The molecule has 1 aliphatic heterocycles. The van der Waals surface area contributed by atoms with Gasteiger partial charge < -0.3 is 9.47 Å². The molecule has 2 heteroatoms. The number of benzene rings is 1. The predicted octanol–water partition coefficient (Wildman–Crippen LogP) is 2.88. The molecule has 0 aliphatic carbocycles. The highest BCUT2D eigenvalue weighted by molar-refractivity contribution is 5.13. The van der Waals surface area contributed by atoms with E-state index in [2.05, 4.69) is 26.0 Å². The van der Waals surface area contributed by atoms with Crippen molar-refractivity contribution in [3.8, 4) is 0 Å². The molecule has 0 spiro atoms. The fourth-order valence-electron chi connectivity index (χ4n) is 1.89. The van der Waals surface area contributed by atoms with E-state index in [1.807, 2.05) is 18.2 Å². The van der Waals surface area contributed by atoms with Crippen molar-refractivity contribution in [2.24, 2.45) is 11.3 Å². The van der Waals surface area contributed by atoms with Crippen LogP contribution in [0.2, 0.25) is 0 Å². The molecule has 0 bridgehead atoms. The summed E-state index contributed by atoms with van der Waals surface area (Å²) in [6.45, 7) is 7.69. The van der Waals surface area contributed by atoms with Crippen molar-refractivity contribution in [3.05, 3.63) is 35.9 Å². The van der Waals surface area contributed by atoms with Crippen molar-refractivity contribution in [1.29, 1.82) is 0 Å². The van der Waals surface area contributed by atoms with Crippen LogP contribution in [0, 0.1) is 11.3 Å². The summed E-state index contributed by atoms with van der Waals surface area (Å²) in [6, 6.07) is 10.3. The summed E-state index contributed by atoms with van der Waals surface area (Å²) in [7, 11) is 0. The molecule has 88 valence electrons. The summed E-state index contributed by atoms with van der Waals surface area (Å²) in [5.74, 6) is 0.622. The zero-order valence-corrected chi connectivity index (χ0v) is 10.1. The maximum Gasteiger partial charge on any atom is 0.0717 e. The van der Waals surface area contributed by atoms with Crippen LogP contribution in [0.1, 0.15) is 19.4 Å². The molecule has 2 rings (SSSR count). The van der Waals surface area contributed by atoms with Crippen LogP contribution < -0.4 is 0 Å². The lowest BCUT2D eigenvalue weighted by atomic mass is 9.76. The number of rotatable bonds is 5. The van der Waals surface area contributed by atoms with Crippen LogP contribution in [0.4, 0.5) is 0 Å². The maximum absolute atomic E-state index is 5.81. The first-order chi connectivity index (χ1) is 7.73. The average Bonchev–Trinajstić information content (AvgIpc) is 2.23. The molecule has 0 radical (unpaired) electrons. The number of ether oxygens (including phenoxy) is 2. The lowest BCUT2D eigenvalue weighted by Gasteiger charge is -2.44.